The Morgan fingerprint density at radius 2 is 2.13 bits per heavy atom. The molecule has 0 spiro atoms. The zero-order valence-corrected chi connectivity index (χ0v) is 7.86. The molecule has 0 aliphatic heterocycles. The van der Waals surface area contributed by atoms with Crippen LogP contribution in [-0.2, 0) is 0 Å². The van der Waals surface area contributed by atoms with Crippen molar-refractivity contribution in [3.05, 3.63) is 42.1 Å². The Morgan fingerprint density at radius 3 is 3.00 bits per heavy atom. The zero-order valence-electron chi connectivity index (χ0n) is 7.86. The molecule has 1 aromatic carbocycles. The van der Waals surface area contributed by atoms with Gasteiger partial charge in [0.25, 0.3) is 0 Å². The number of nitriles is 1. The Morgan fingerprint density at radius 1 is 1.20 bits per heavy atom. The molecule has 0 saturated heterocycles. The highest BCUT2D eigenvalue weighted by Gasteiger charge is 2.04. The number of fused-ring (bicyclic) bond motifs is 3. The molecule has 0 saturated carbocycles. The number of H-pyrrole nitrogens is 1. The largest absolute Gasteiger partial charge is 0.353 e. The Bertz CT molecular complexity index is 689. The van der Waals surface area contributed by atoms with Crippen molar-refractivity contribution < 1.29 is 0 Å². The number of benzene rings is 1. The molecular formula is C12H7N3. The van der Waals surface area contributed by atoms with Crippen molar-refractivity contribution in [2.75, 3.05) is 0 Å². The molecule has 0 atom stereocenters. The minimum absolute atomic E-state index is 0.661. The number of hydrogen-bond acceptors (Lipinski definition) is 2. The van der Waals surface area contributed by atoms with Crippen LogP contribution in [0.1, 0.15) is 5.56 Å². The first-order valence-corrected chi connectivity index (χ1v) is 4.65. The lowest BCUT2D eigenvalue weighted by atomic mass is 10.1. The van der Waals surface area contributed by atoms with Gasteiger partial charge in [-0.15, -0.1) is 0 Å². The van der Waals surface area contributed by atoms with Gasteiger partial charge in [-0.2, -0.15) is 5.26 Å². The average Bonchev–Trinajstić information content (AvgIpc) is 2.66. The molecule has 1 N–H and O–H groups in total. The van der Waals surface area contributed by atoms with E-state index in [-0.39, 0.29) is 0 Å². The number of aromatic amines is 1. The third-order valence-corrected chi connectivity index (χ3v) is 2.48. The molecule has 3 heteroatoms. The maximum atomic E-state index is 8.83. The van der Waals surface area contributed by atoms with E-state index < -0.39 is 0 Å². The number of aromatic nitrogens is 2. The van der Waals surface area contributed by atoms with Crippen LogP contribution in [0.2, 0.25) is 0 Å². The van der Waals surface area contributed by atoms with Crippen molar-refractivity contribution in [3.63, 3.8) is 0 Å². The smallest absolute Gasteiger partial charge is 0.0991 e. The first-order chi connectivity index (χ1) is 7.38. The van der Waals surface area contributed by atoms with E-state index in [9.17, 15) is 0 Å². The molecule has 0 fully saturated rings. The molecule has 2 heterocycles. The van der Waals surface area contributed by atoms with Crippen LogP contribution in [0.3, 0.4) is 0 Å². The van der Waals surface area contributed by atoms with Crippen LogP contribution in [0, 0.1) is 11.3 Å². The van der Waals surface area contributed by atoms with Crippen molar-refractivity contribution in [1.29, 1.82) is 5.26 Å². The lowest BCUT2D eigenvalue weighted by molar-refractivity contribution is 1.42. The van der Waals surface area contributed by atoms with Gasteiger partial charge in [-0.3, -0.25) is 4.98 Å². The fourth-order valence-corrected chi connectivity index (χ4v) is 1.78. The molecule has 0 radical (unpaired) electrons. The highest BCUT2D eigenvalue weighted by Crippen LogP contribution is 2.23. The second-order valence-electron chi connectivity index (χ2n) is 3.40. The Hall–Kier alpha value is -2.34. The Labute approximate surface area is 86.0 Å². The molecule has 3 aromatic rings. The number of rotatable bonds is 0. The fourth-order valence-electron chi connectivity index (χ4n) is 1.78. The molecule has 0 aliphatic rings. The van der Waals surface area contributed by atoms with Crippen molar-refractivity contribution in [2.45, 2.75) is 0 Å². The highest BCUT2D eigenvalue weighted by molar-refractivity contribution is 6.05. The Kier molecular flexibility index (Phi) is 1.51. The summed E-state index contributed by atoms with van der Waals surface area (Å²) in [5.74, 6) is 0. The number of nitrogens with one attached hydrogen (secondary N) is 1. The monoisotopic (exact) mass is 193 g/mol. The van der Waals surface area contributed by atoms with Crippen molar-refractivity contribution in [1.82, 2.24) is 9.97 Å². The molecule has 0 aliphatic carbocycles. The van der Waals surface area contributed by atoms with Gasteiger partial charge in [-0.25, -0.2) is 0 Å². The summed E-state index contributed by atoms with van der Waals surface area (Å²) in [6, 6.07) is 11.6. The van der Waals surface area contributed by atoms with Crippen LogP contribution in [0.15, 0.2) is 36.5 Å². The molecular weight excluding hydrogens is 186 g/mol. The van der Waals surface area contributed by atoms with Crippen LogP contribution in [0.4, 0.5) is 0 Å². The maximum absolute atomic E-state index is 8.83. The van der Waals surface area contributed by atoms with Gasteiger partial charge in [0.05, 0.1) is 22.7 Å². The molecule has 70 valence electrons. The van der Waals surface area contributed by atoms with Crippen molar-refractivity contribution in [2.24, 2.45) is 0 Å². The summed E-state index contributed by atoms with van der Waals surface area (Å²) in [5, 5.41) is 9.83. The number of pyridine rings is 1. The molecule has 3 nitrogen and oxygen atoms in total. The summed E-state index contributed by atoms with van der Waals surface area (Å²) >= 11 is 0. The molecule has 0 bridgehead atoms. The van der Waals surface area contributed by atoms with E-state index in [0.29, 0.717) is 5.56 Å². The second kappa shape index (κ2) is 2.82. The van der Waals surface area contributed by atoms with Gasteiger partial charge in [0.1, 0.15) is 0 Å². The average molecular weight is 193 g/mol. The lowest BCUT2D eigenvalue weighted by Gasteiger charge is -1.90. The van der Waals surface area contributed by atoms with Crippen LogP contribution >= 0.6 is 0 Å². The minimum atomic E-state index is 0.661. The van der Waals surface area contributed by atoms with Gasteiger partial charge in [0.15, 0.2) is 0 Å². The standard InChI is InChI=1S/C12H7N3/c13-7-8-3-4-10-9(6-8)12-11(15-10)2-1-5-14-12/h1-6,15H. The van der Waals surface area contributed by atoms with Gasteiger partial charge >= 0.3 is 0 Å². The number of nitrogens with zero attached hydrogens (tertiary/aromatic N) is 2. The van der Waals surface area contributed by atoms with Gasteiger partial charge < -0.3 is 4.98 Å². The predicted octanol–water partition coefficient (Wildman–Crippen LogP) is 2.59. The van der Waals surface area contributed by atoms with E-state index in [4.69, 9.17) is 5.26 Å². The normalized spacial score (nSPS) is 10.6. The van der Waals surface area contributed by atoms with E-state index in [1.807, 2.05) is 24.3 Å². The van der Waals surface area contributed by atoms with E-state index in [2.05, 4.69) is 16.0 Å². The Balaban J connectivity index is 2.53. The van der Waals surface area contributed by atoms with Gasteiger partial charge in [-0.1, -0.05) is 0 Å². The molecule has 15 heavy (non-hydrogen) atoms. The first kappa shape index (κ1) is 8.01. The molecule has 2 aromatic heterocycles. The van der Waals surface area contributed by atoms with E-state index in [1.54, 1.807) is 12.3 Å². The van der Waals surface area contributed by atoms with Crippen LogP contribution in [0.25, 0.3) is 21.9 Å². The summed E-state index contributed by atoms with van der Waals surface area (Å²) < 4.78 is 0. The van der Waals surface area contributed by atoms with Gasteiger partial charge in [0, 0.05) is 17.1 Å². The molecule has 0 unspecified atom stereocenters. The molecule has 3 rings (SSSR count). The van der Waals surface area contributed by atoms with Crippen LogP contribution in [-0.4, -0.2) is 9.97 Å². The van der Waals surface area contributed by atoms with Crippen molar-refractivity contribution in [3.8, 4) is 6.07 Å². The first-order valence-electron chi connectivity index (χ1n) is 4.65. The van der Waals surface area contributed by atoms with E-state index in [0.717, 1.165) is 21.9 Å². The minimum Gasteiger partial charge on any atom is -0.353 e. The second-order valence-corrected chi connectivity index (χ2v) is 3.40. The summed E-state index contributed by atoms with van der Waals surface area (Å²) in [6.07, 6.45) is 1.76. The van der Waals surface area contributed by atoms with Crippen LogP contribution in [0.5, 0.6) is 0 Å². The van der Waals surface area contributed by atoms with Gasteiger partial charge in [0.2, 0.25) is 0 Å². The third-order valence-electron chi connectivity index (χ3n) is 2.48. The predicted molar refractivity (Wildman–Crippen MR) is 58.3 cm³/mol. The lowest BCUT2D eigenvalue weighted by Crippen LogP contribution is -1.74. The van der Waals surface area contributed by atoms with E-state index in [1.165, 1.54) is 0 Å². The SMILES string of the molecule is N#Cc1ccc2[nH]c3cccnc3c2c1. The van der Waals surface area contributed by atoms with Crippen molar-refractivity contribution >= 4 is 21.9 Å². The van der Waals surface area contributed by atoms with Crippen LogP contribution < -0.4 is 0 Å². The summed E-state index contributed by atoms with van der Waals surface area (Å²) in [4.78, 5) is 7.56. The summed E-state index contributed by atoms with van der Waals surface area (Å²) in [6.45, 7) is 0. The van der Waals surface area contributed by atoms with Gasteiger partial charge in [-0.05, 0) is 30.3 Å². The third kappa shape index (κ3) is 1.09. The highest BCUT2D eigenvalue weighted by atomic mass is 14.8. The molecule has 0 amide bonds. The number of hydrogen-bond donors (Lipinski definition) is 1. The topological polar surface area (TPSA) is 52.5 Å². The fraction of sp³-hybridized carbons (Fsp3) is 0. The summed E-state index contributed by atoms with van der Waals surface area (Å²) in [5.41, 5.74) is 3.60. The summed E-state index contributed by atoms with van der Waals surface area (Å²) in [7, 11) is 0. The quantitative estimate of drug-likeness (QED) is 0.596. The zero-order chi connectivity index (χ0) is 10.3. The van der Waals surface area contributed by atoms with E-state index >= 15 is 0 Å². The maximum Gasteiger partial charge on any atom is 0.0991 e.